The summed E-state index contributed by atoms with van der Waals surface area (Å²) in [4.78, 5) is 32.4. The summed E-state index contributed by atoms with van der Waals surface area (Å²) in [6, 6.07) is 11.7. The summed E-state index contributed by atoms with van der Waals surface area (Å²) in [5, 5.41) is 0. The highest BCUT2D eigenvalue weighted by Crippen LogP contribution is 2.41. The molecule has 58 heavy (non-hydrogen) atoms. The molecule has 0 aliphatic carbocycles. The molecule has 0 saturated carbocycles. The number of halogens is 8. The van der Waals surface area contributed by atoms with Crippen LogP contribution in [0.25, 0.3) is 68.1 Å². The van der Waals surface area contributed by atoms with Crippen molar-refractivity contribution in [3.8, 4) is 68.1 Å². The maximum atomic E-state index is 12.8. The Morgan fingerprint density at radius 3 is 1.10 bits per heavy atom. The van der Waals surface area contributed by atoms with E-state index in [4.69, 9.17) is 17.7 Å². The highest BCUT2D eigenvalue weighted by Gasteiger charge is 2.34. The number of hydrogen-bond acceptors (Lipinski definition) is 12. The van der Waals surface area contributed by atoms with Gasteiger partial charge in [0.25, 0.3) is 7.79 Å². The largest absolute Gasteiger partial charge is 0.439 e. The lowest BCUT2D eigenvalue weighted by molar-refractivity contribution is -0.141. The van der Waals surface area contributed by atoms with Crippen LogP contribution in [0.15, 0.2) is 104 Å². The lowest BCUT2D eigenvalue weighted by Gasteiger charge is -2.06. The van der Waals surface area contributed by atoms with Crippen LogP contribution in [-0.4, -0.2) is 39.9 Å². The number of rotatable bonds is 6. The molecule has 0 bridgehead atoms. The summed E-state index contributed by atoms with van der Waals surface area (Å²) in [5.41, 5.74) is 3.45. The predicted octanol–water partition coefficient (Wildman–Crippen LogP) is 12.0. The van der Waals surface area contributed by atoms with E-state index in [9.17, 15) is 26.3 Å². The predicted molar refractivity (Wildman–Crippen MR) is 215 cm³/mol. The second-order valence-corrected chi connectivity index (χ2v) is 13.4. The Bertz CT molecular complexity index is 2600. The van der Waals surface area contributed by atoms with Crippen LogP contribution in [0.5, 0.6) is 0 Å². The fourth-order valence-corrected chi connectivity index (χ4v) is 6.05. The number of alkyl halides is 6. The van der Waals surface area contributed by atoms with Crippen molar-refractivity contribution in [2.45, 2.75) is 41.1 Å². The van der Waals surface area contributed by atoms with Gasteiger partial charge in [0.05, 0.1) is 0 Å². The van der Waals surface area contributed by atoms with Gasteiger partial charge in [-0.05, 0) is 62.4 Å². The summed E-state index contributed by atoms with van der Waals surface area (Å²) < 4.78 is 99.6. The van der Waals surface area contributed by atoms with Gasteiger partial charge in [-0.3, -0.25) is 19.9 Å². The fourth-order valence-electron chi connectivity index (χ4n) is 5.13. The normalized spacial score (nSPS) is 11.3. The summed E-state index contributed by atoms with van der Waals surface area (Å²) in [7, 11) is 0. The second kappa shape index (κ2) is 17.5. The molecule has 0 aromatic carbocycles. The van der Waals surface area contributed by atoms with E-state index >= 15 is 0 Å². The highest BCUT2D eigenvalue weighted by molar-refractivity contribution is 14.1. The van der Waals surface area contributed by atoms with E-state index in [0.29, 0.717) is 64.3 Å². The molecule has 300 valence electrons. The molecule has 0 saturated heterocycles. The lowest BCUT2D eigenvalue weighted by atomic mass is 10.1. The average Bonchev–Trinajstić information content (AvgIpc) is 3.98. The summed E-state index contributed by atoms with van der Waals surface area (Å²) in [6.45, 7) is 3.73. The van der Waals surface area contributed by atoms with Crippen molar-refractivity contribution in [1.29, 1.82) is 0 Å². The topological polar surface area (TPSA) is 156 Å². The zero-order chi connectivity index (χ0) is 39.8. The molecule has 20 heteroatoms. The molecule has 8 aromatic rings. The second-order valence-electron chi connectivity index (χ2n) is 11.6. The molecule has 0 unspecified atom stereocenters. The van der Waals surface area contributed by atoms with Crippen LogP contribution in [0.3, 0.4) is 0 Å². The molecule has 0 aliphatic rings. The minimum absolute atomic E-state index is 0. The first-order valence-corrected chi connectivity index (χ1v) is 17.9. The molecular formula is C38H28F6I2N8O4. The van der Waals surface area contributed by atoms with Crippen molar-refractivity contribution in [2.24, 2.45) is 0 Å². The third kappa shape index (κ3) is 9.43. The van der Waals surface area contributed by atoms with Crippen molar-refractivity contribution >= 4 is 45.2 Å². The van der Waals surface area contributed by atoms with E-state index in [1.807, 2.05) is 83.3 Å². The number of aromatic nitrogens is 8. The lowest BCUT2D eigenvalue weighted by Crippen LogP contribution is -2.07. The number of pyridine rings is 4. The zero-order valence-electron chi connectivity index (χ0n) is 28.3. The first kappa shape index (κ1) is 43.6. The summed E-state index contributed by atoms with van der Waals surface area (Å²) >= 11 is 3.82. The standard InChI is InChI=1S/C18H9F3I2N4O2.C18H11F3N4O2.2CH4/c1-8-2-3-9(6-24-8)12-14(28-16(22)26-12)15-13(27-17(23)29-15)10-4-5-11(25-7-10)18(19,20)21;1-10-2-3-11(6-22-10)14-16(26-8-24-14)17-15(25-9-27-17)12-4-5-13(23-7-12)18(19,20)21;;/h2-7H,1H3;2-9H,1H3;2*1H4. The molecule has 0 N–H and O–H groups in total. The van der Waals surface area contributed by atoms with Gasteiger partial charge in [0.2, 0.25) is 11.5 Å². The van der Waals surface area contributed by atoms with Gasteiger partial charge >= 0.3 is 12.4 Å². The van der Waals surface area contributed by atoms with E-state index in [2.05, 4.69) is 39.9 Å². The van der Waals surface area contributed by atoms with Crippen molar-refractivity contribution in [1.82, 2.24) is 39.9 Å². The van der Waals surface area contributed by atoms with Crippen LogP contribution in [0, 0.1) is 21.6 Å². The summed E-state index contributed by atoms with van der Waals surface area (Å²) in [5.74, 6) is 1.10. The molecule has 8 aromatic heterocycles. The first-order chi connectivity index (χ1) is 26.7. The molecule has 12 nitrogen and oxygen atoms in total. The van der Waals surface area contributed by atoms with Gasteiger partial charge in [-0.1, -0.05) is 14.9 Å². The van der Waals surface area contributed by atoms with Crippen LogP contribution in [0.2, 0.25) is 0 Å². The van der Waals surface area contributed by atoms with E-state index in [1.54, 1.807) is 12.4 Å². The van der Waals surface area contributed by atoms with E-state index in [0.717, 1.165) is 35.9 Å². The van der Waals surface area contributed by atoms with Crippen molar-refractivity contribution in [3.63, 3.8) is 0 Å². The van der Waals surface area contributed by atoms with E-state index < -0.39 is 23.7 Å². The third-order valence-electron chi connectivity index (χ3n) is 7.77. The minimum Gasteiger partial charge on any atom is -0.439 e. The number of nitrogens with zero attached hydrogens (tertiary/aromatic N) is 8. The summed E-state index contributed by atoms with van der Waals surface area (Å²) in [6.07, 6.45) is -1.10. The molecule has 8 heterocycles. The van der Waals surface area contributed by atoms with Gasteiger partial charge in [0.15, 0.2) is 24.3 Å². The highest BCUT2D eigenvalue weighted by atomic mass is 127. The Morgan fingerprint density at radius 1 is 0.448 bits per heavy atom. The van der Waals surface area contributed by atoms with Crippen molar-refractivity contribution in [2.75, 3.05) is 0 Å². The molecule has 8 rings (SSSR count). The van der Waals surface area contributed by atoms with Crippen LogP contribution in [-0.2, 0) is 12.4 Å². The third-order valence-corrected chi connectivity index (χ3v) is 8.70. The number of aryl methyl sites for hydroxylation is 2. The minimum atomic E-state index is -4.52. The van der Waals surface area contributed by atoms with Gasteiger partial charge in [-0.15, -0.1) is 0 Å². The number of hydrogen-bond donors (Lipinski definition) is 0. The Hall–Kier alpha value is -5.52. The van der Waals surface area contributed by atoms with Crippen LogP contribution < -0.4 is 0 Å². The van der Waals surface area contributed by atoms with Crippen molar-refractivity contribution < 1.29 is 44.0 Å². The molecule has 0 spiro atoms. The quantitative estimate of drug-likeness (QED) is 0.115. The van der Waals surface area contributed by atoms with E-state index in [-0.39, 0.29) is 26.4 Å². The molecule has 0 aliphatic heterocycles. The molecular weight excluding hydrogens is 1000 g/mol. The van der Waals surface area contributed by atoms with Gasteiger partial charge in [-0.2, -0.15) is 26.3 Å². The van der Waals surface area contributed by atoms with Gasteiger partial charge in [0, 0.05) is 104 Å². The average molecular weight is 1030 g/mol. The maximum Gasteiger partial charge on any atom is 0.433 e. The van der Waals surface area contributed by atoms with Crippen LogP contribution >= 0.6 is 45.2 Å². The zero-order valence-corrected chi connectivity index (χ0v) is 32.6. The van der Waals surface area contributed by atoms with Crippen molar-refractivity contribution in [3.05, 3.63) is 117 Å². The molecule has 0 radical (unpaired) electrons. The Balaban J connectivity index is 0.000000214. The van der Waals surface area contributed by atoms with Gasteiger partial charge in [-0.25, -0.2) is 19.9 Å². The number of oxazole rings is 4. The van der Waals surface area contributed by atoms with E-state index in [1.165, 1.54) is 24.9 Å². The Labute approximate surface area is 352 Å². The van der Waals surface area contributed by atoms with Gasteiger partial charge in [0.1, 0.15) is 34.2 Å². The molecule has 0 atom stereocenters. The Kier molecular flexibility index (Phi) is 13.2. The first-order valence-electron chi connectivity index (χ1n) is 15.8. The molecule has 0 fully saturated rings. The fraction of sp³-hybridized carbons (Fsp3) is 0.158. The van der Waals surface area contributed by atoms with Gasteiger partial charge < -0.3 is 17.7 Å². The van der Waals surface area contributed by atoms with Crippen LogP contribution in [0.4, 0.5) is 26.3 Å². The molecule has 0 amide bonds. The van der Waals surface area contributed by atoms with Crippen LogP contribution in [0.1, 0.15) is 37.6 Å². The SMILES string of the molecule is C.C.Cc1ccc(-c2nc(I)oc2-c2oc(I)nc2-c2ccc(C(F)(F)F)nc2)cn1.Cc1ccc(-c2ncoc2-c2ocnc2-c2ccc(C(F)(F)F)nc2)cn1. The monoisotopic (exact) mass is 1030 g/mol. The smallest absolute Gasteiger partial charge is 0.433 e. The maximum absolute atomic E-state index is 12.8. The Morgan fingerprint density at radius 2 is 0.793 bits per heavy atom.